The van der Waals surface area contributed by atoms with Crippen LogP contribution >= 0.6 is 16.5 Å². The van der Waals surface area contributed by atoms with Crippen LogP contribution in [0.1, 0.15) is 110 Å². The third-order valence-electron chi connectivity index (χ3n) is 4.15. The number of quaternary nitrogens is 1. The molecule has 0 rings (SSSR count). The third-order valence-corrected chi connectivity index (χ3v) is 5.24. The minimum atomic E-state index is -3.17. The van der Waals surface area contributed by atoms with Gasteiger partial charge in [-0.05, 0) is 11.0 Å². The summed E-state index contributed by atoms with van der Waals surface area (Å²) in [4.78, 5) is 16.9. The first-order chi connectivity index (χ1) is 12.5. The molecule has 0 saturated carbocycles. The van der Waals surface area contributed by atoms with E-state index in [1.807, 2.05) is 0 Å². The monoisotopic (exact) mass is 431 g/mol. The quantitative estimate of drug-likeness (QED) is 0.172. The molecule has 0 aliphatic heterocycles. The molecule has 0 radical (unpaired) electrons. The highest BCUT2D eigenvalue weighted by Crippen LogP contribution is 2.27. The molecule has 0 bridgehead atoms. The Morgan fingerprint density at radius 3 is 1.19 bits per heavy atom. The Morgan fingerprint density at radius 1 is 0.704 bits per heavy atom. The number of unbranched alkanes of at least 4 members (excludes halogenated alkanes) is 15. The van der Waals surface area contributed by atoms with Gasteiger partial charge in [-0.1, -0.05) is 103 Å². The molecule has 0 spiro atoms. The molecule has 0 aliphatic rings. The summed E-state index contributed by atoms with van der Waals surface area (Å²) in [6.07, 6.45) is 22.2. The van der Waals surface area contributed by atoms with Crippen LogP contribution in [0.5, 0.6) is 0 Å². The smallest absolute Gasteiger partial charge is 0.563 e. The summed E-state index contributed by atoms with van der Waals surface area (Å²) >= 11 is 0. The van der Waals surface area contributed by atoms with Crippen molar-refractivity contribution in [1.29, 1.82) is 0 Å². The molecule has 9 heteroatoms. The van der Waals surface area contributed by atoms with E-state index in [2.05, 4.69) is 11.2 Å². The standard InChI is InChI=1S/C18H38O.H3N.O5P2/c1-2-3-4-5-6-7-8-9-10-11-12-13-14-15-16-17-18-19;;1-6(2)5-7(3)4/h19H,2-18H2,1H3;1H3;/p+2. The number of aliphatic hydroxyl groups is 1. The van der Waals surface area contributed by atoms with Crippen molar-refractivity contribution in [3.05, 3.63) is 0 Å². The molecule has 0 fully saturated rings. The van der Waals surface area contributed by atoms with E-state index >= 15 is 0 Å². The summed E-state index contributed by atoms with van der Waals surface area (Å²) < 4.78 is 21.9. The molecular weight excluding hydrogens is 388 g/mol. The average Bonchev–Trinajstić information content (AvgIpc) is 2.58. The second kappa shape index (κ2) is 28.2. The van der Waals surface area contributed by atoms with Crippen molar-refractivity contribution in [3.63, 3.8) is 0 Å². The van der Waals surface area contributed by atoms with Crippen molar-refractivity contribution in [2.45, 2.75) is 110 Å². The van der Waals surface area contributed by atoms with Gasteiger partial charge in [0.25, 0.3) is 0 Å². The maximum Gasteiger partial charge on any atom is 0.741 e. The van der Waals surface area contributed by atoms with Crippen LogP contribution in [0.15, 0.2) is 0 Å². The molecule has 2 unspecified atom stereocenters. The Bertz CT molecular complexity index is 294. The van der Waals surface area contributed by atoms with Crippen LogP contribution < -0.4 is 11.0 Å². The van der Waals surface area contributed by atoms with Crippen molar-refractivity contribution >= 4 is 16.5 Å². The van der Waals surface area contributed by atoms with Crippen LogP contribution in [0.25, 0.3) is 0 Å². The Kier molecular flexibility index (Phi) is 33.1. The highest BCUT2D eigenvalue weighted by Gasteiger charge is 2.23. The number of hydrogen-bond acceptors (Lipinski definition) is 5. The Hall–Kier alpha value is -0.0000000000000000416. The normalized spacial score (nSPS) is 11.3. The fraction of sp³-hybridized carbons (Fsp3) is 1.00. The van der Waals surface area contributed by atoms with Crippen molar-refractivity contribution in [2.75, 3.05) is 6.61 Å². The van der Waals surface area contributed by atoms with Gasteiger partial charge in [-0.3, -0.25) is 0 Å². The van der Waals surface area contributed by atoms with Crippen LogP contribution in [0, 0.1) is 0 Å². The lowest BCUT2D eigenvalue weighted by Gasteiger charge is -2.03. The van der Waals surface area contributed by atoms with E-state index in [0.29, 0.717) is 6.61 Å². The van der Waals surface area contributed by atoms with Gasteiger partial charge >= 0.3 is 16.5 Å². The lowest BCUT2D eigenvalue weighted by Crippen LogP contribution is -1.85. The van der Waals surface area contributed by atoms with Gasteiger partial charge in [-0.2, -0.15) is 0 Å². The second-order valence-corrected chi connectivity index (χ2v) is 8.15. The molecule has 0 aromatic rings. The first kappa shape index (κ1) is 31.7. The Morgan fingerprint density at radius 2 is 1.00 bits per heavy atom. The van der Waals surface area contributed by atoms with Crippen molar-refractivity contribution < 1.29 is 28.3 Å². The zero-order valence-electron chi connectivity index (χ0n) is 17.4. The van der Waals surface area contributed by atoms with Gasteiger partial charge in [-0.15, -0.1) is 4.89 Å². The van der Waals surface area contributed by atoms with Gasteiger partial charge in [0.05, 0.1) is 0 Å². The summed E-state index contributed by atoms with van der Waals surface area (Å²) in [5, 5.41) is 8.67. The van der Waals surface area contributed by atoms with Crippen molar-refractivity contribution in [1.82, 2.24) is 6.15 Å². The number of aliphatic hydroxyl groups excluding tert-OH is 1. The Balaban J connectivity index is -0.000000612. The maximum atomic E-state index is 9.35. The lowest BCUT2D eigenvalue weighted by molar-refractivity contribution is -0.178. The summed E-state index contributed by atoms with van der Waals surface area (Å²) in [5.41, 5.74) is 0. The molecular formula is C18H43NO6P2+2. The predicted octanol–water partition coefficient (Wildman–Crippen LogP) is 6.29. The molecule has 27 heavy (non-hydrogen) atoms. The molecule has 0 heterocycles. The molecule has 0 aromatic carbocycles. The second-order valence-electron chi connectivity index (χ2n) is 6.57. The average molecular weight is 431 g/mol. The predicted molar refractivity (Wildman–Crippen MR) is 111 cm³/mol. The molecule has 0 aromatic heterocycles. The fourth-order valence-electron chi connectivity index (χ4n) is 2.72. The van der Waals surface area contributed by atoms with E-state index < -0.39 is 16.5 Å². The molecule has 6 N–H and O–H groups in total. The highest BCUT2D eigenvalue weighted by molar-refractivity contribution is 7.45. The zero-order chi connectivity index (χ0) is 19.9. The summed E-state index contributed by atoms with van der Waals surface area (Å²) in [5.74, 6) is 0. The molecule has 7 nitrogen and oxygen atoms in total. The van der Waals surface area contributed by atoms with E-state index in [-0.39, 0.29) is 6.15 Å². The number of rotatable bonds is 18. The number of hydrogen-bond donors (Lipinski definition) is 3. The largest absolute Gasteiger partial charge is 0.741 e. The van der Waals surface area contributed by atoms with Gasteiger partial charge in [0.15, 0.2) is 0 Å². The lowest BCUT2D eigenvalue weighted by atomic mass is 10.0. The SMILES string of the molecule is CCCCCCCCCCCCCCCCCCO.O=[P+]([O-])O[P+](=O)O.[NH4+]. The summed E-state index contributed by atoms with van der Waals surface area (Å²) in [7, 11) is -6.16. The maximum absolute atomic E-state index is 9.35. The van der Waals surface area contributed by atoms with Crippen LogP contribution in [0.4, 0.5) is 0 Å². The topological polar surface area (TPSA) is 143 Å². The van der Waals surface area contributed by atoms with Crippen LogP contribution in [0.3, 0.4) is 0 Å². The van der Waals surface area contributed by atoms with E-state index in [0.717, 1.165) is 6.42 Å². The molecule has 164 valence electrons. The molecule has 0 aliphatic carbocycles. The van der Waals surface area contributed by atoms with Gasteiger partial charge < -0.3 is 16.2 Å². The van der Waals surface area contributed by atoms with Crippen LogP contribution in [0.2, 0.25) is 0 Å². The Labute approximate surface area is 167 Å². The molecule has 2 atom stereocenters. The molecule has 0 saturated heterocycles. The fourth-order valence-corrected chi connectivity index (χ4v) is 3.17. The van der Waals surface area contributed by atoms with Gasteiger partial charge in [0.1, 0.15) is 4.31 Å². The van der Waals surface area contributed by atoms with E-state index in [9.17, 15) is 14.0 Å². The first-order valence-electron chi connectivity index (χ1n) is 10.1. The minimum Gasteiger partial charge on any atom is -0.563 e. The first-order valence-corrected chi connectivity index (χ1v) is 12.4. The summed E-state index contributed by atoms with van der Waals surface area (Å²) in [6, 6.07) is 0. The van der Waals surface area contributed by atoms with E-state index in [1.165, 1.54) is 96.3 Å². The third kappa shape index (κ3) is 37.4. The van der Waals surface area contributed by atoms with Crippen molar-refractivity contribution in [2.24, 2.45) is 0 Å². The minimum absolute atomic E-state index is 0. The van der Waals surface area contributed by atoms with Gasteiger partial charge in [-0.25, -0.2) is 0 Å². The van der Waals surface area contributed by atoms with Gasteiger partial charge in [0, 0.05) is 11.2 Å². The van der Waals surface area contributed by atoms with Crippen molar-refractivity contribution in [3.8, 4) is 0 Å². The summed E-state index contributed by atoms with van der Waals surface area (Å²) in [6.45, 7) is 2.66. The van der Waals surface area contributed by atoms with Gasteiger partial charge in [0.2, 0.25) is 0 Å². The molecule has 0 amide bonds. The highest BCUT2D eigenvalue weighted by atomic mass is 31.2. The van der Waals surface area contributed by atoms with E-state index in [4.69, 9.17) is 10.00 Å². The zero-order valence-corrected chi connectivity index (χ0v) is 19.2. The van der Waals surface area contributed by atoms with E-state index in [1.54, 1.807) is 0 Å². The van der Waals surface area contributed by atoms with Crippen LogP contribution in [-0.2, 0) is 13.4 Å². The van der Waals surface area contributed by atoms with Crippen LogP contribution in [-0.4, -0.2) is 16.6 Å².